The Morgan fingerprint density at radius 1 is 0.390 bits per heavy atom. The molecule has 0 radical (unpaired) electrons. The van der Waals surface area contributed by atoms with Gasteiger partial charge in [0.05, 0.1) is 37.9 Å². The van der Waals surface area contributed by atoms with Crippen LogP contribution >= 0.6 is 31.9 Å². The van der Waals surface area contributed by atoms with Crippen LogP contribution in [0.2, 0.25) is 26.2 Å². The van der Waals surface area contributed by atoms with Gasteiger partial charge in [0.25, 0.3) is 17.1 Å². The van der Waals surface area contributed by atoms with Crippen molar-refractivity contribution in [3.05, 3.63) is 320 Å². The highest BCUT2D eigenvalue weighted by Crippen LogP contribution is 2.53. The van der Waals surface area contributed by atoms with Crippen LogP contribution in [0.15, 0.2) is 230 Å². The van der Waals surface area contributed by atoms with Gasteiger partial charge in [0, 0.05) is 27.1 Å². The first-order valence-electron chi connectivity index (χ1n) is 25.5. The fourth-order valence-electron chi connectivity index (χ4n) is 8.93. The molecule has 388 valence electrons. The molecule has 0 saturated heterocycles. The van der Waals surface area contributed by atoms with Gasteiger partial charge >= 0.3 is 0 Å². The summed E-state index contributed by atoms with van der Waals surface area (Å²) in [5, 5.41) is 28.9. The van der Waals surface area contributed by atoms with Crippen molar-refractivity contribution in [3.8, 4) is 54.2 Å². The molecule has 0 N–H and O–H groups in total. The van der Waals surface area contributed by atoms with Gasteiger partial charge in [0.15, 0.2) is 0 Å². The summed E-state index contributed by atoms with van der Waals surface area (Å²) in [4.78, 5) is 9.54. The average Bonchev–Trinajstić information content (AvgIpc) is 4.09. The maximum atomic E-state index is 9.11. The van der Waals surface area contributed by atoms with E-state index in [1.165, 1.54) is 36.6 Å². The predicted octanol–water partition coefficient (Wildman–Crippen LogP) is 18.2. The summed E-state index contributed by atoms with van der Waals surface area (Å²) in [5.41, 5.74) is 14.5. The summed E-state index contributed by atoms with van der Waals surface area (Å²) in [5.74, 6) is 16.5. The van der Waals surface area contributed by atoms with E-state index in [-0.39, 0.29) is 17.1 Å². The second-order valence-corrected chi connectivity index (χ2v) is 30.9. The van der Waals surface area contributed by atoms with E-state index in [1.807, 2.05) is 97.1 Å². The van der Waals surface area contributed by atoms with Crippen molar-refractivity contribution >= 4 is 88.5 Å². The quantitative estimate of drug-likeness (QED) is 0.0690. The van der Waals surface area contributed by atoms with Gasteiger partial charge in [-0.25, -0.2) is 30.3 Å². The van der Waals surface area contributed by atoms with Gasteiger partial charge in [-0.2, -0.15) is 0 Å². The molecule has 9 rings (SSSR count). The summed E-state index contributed by atoms with van der Waals surface area (Å²) in [6, 6.07) is 69.8. The number of hydrogen-bond donors (Lipinski definition) is 0. The molecule has 0 spiro atoms. The highest BCUT2D eigenvalue weighted by atomic mass is 79.9. The molecule has 0 bridgehead atoms. The molecular weight excluding hydrogens is 1160 g/mol. The van der Waals surface area contributed by atoms with Crippen molar-refractivity contribution < 1.29 is 0 Å². The summed E-state index contributed by atoms with van der Waals surface area (Å²) >= 11 is 7.82. The van der Waals surface area contributed by atoms with Gasteiger partial charge in [-0.3, -0.25) is 0 Å². The number of terminal acetylenes is 1. The maximum absolute atomic E-state index is 9.11. The molecule has 2 aliphatic heterocycles. The minimum atomic E-state index is -2.43. The summed E-state index contributed by atoms with van der Waals surface area (Å²) in [6.45, 7) is 30.3. The van der Waals surface area contributed by atoms with Gasteiger partial charge in [0.2, 0.25) is 0 Å². The third kappa shape index (κ3) is 14.3. The molecule has 0 aromatic heterocycles. The third-order valence-electron chi connectivity index (χ3n) is 13.2. The van der Waals surface area contributed by atoms with Crippen molar-refractivity contribution in [1.82, 2.24) is 0 Å². The van der Waals surface area contributed by atoms with Crippen LogP contribution in [0.5, 0.6) is 0 Å². The number of halogens is 2. The zero-order valence-corrected chi connectivity index (χ0v) is 50.4. The van der Waals surface area contributed by atoms with E-state index >= 15 is 0 Å². The second-order valence-electron chi connectivity index (χ2n) is 19.4. The van der Waals surface area contributed by atoms with E-state index in [1.54, 1.807) is 42.5 Å². The van der Waals surface area contributed by atoms with Crippen molar-refractivity contribution in [2.45, 2.75) is 26.2 Å². The SMILES string of the molecule is C[Si]1(C)C(Br)=C(c2ccccc2)C(c2ccccc2)=C1Br.[C-]#[N+]/C(C#N)=C/c1ccc(C#C)cc1.[C-]#[N+]/C(C#N)=C\c1ccc(C#CC2=C(c3ccccc3)C(c3ccccc3)=C(C#Cc3ccc(/C=C(\C#N)[N+]#[C-])cc3)[Si]2(C)C)cc1. The lowest BCUT2D eigenvalue weighted by atomic mass is 9.91. The molecule has 82 heavy (non-hydrogen) atoms. The van der Waals surface area contributed by atoms with Crippen molar-refractivity contribution in [2.75, 3.05) is 0 Å². The highest BCUT2D eigenvalue weighted by Gasteiger charge is 2.42. The lowest BCUT2D eigenvalue weighted by Crippen LogP contribution is -2.29. The van der Waals surface area contributed by atoms with Crippen LogP contribution in [0.1, 0.15) is 55.6 Å². The van der Waals surface area contributed by atoms with E-state index in [0.717, 1.165) is 66.0 Å². The van der Waals surface area contributed by atoms with Crippen LogP contribution in [0, 0.1) is 89.7 Å². The number of allylic oxidation sites excluding steroid dienone is 9. The molecular formula is C72H48Br2N6Si2. The molecule has 6 nitrogen and oxygen atoms in total. The monoisotopic (exact) mass is 1210 g/mol. The molecule has 0 amide bonds. The van der Waals surface area contributed by atoms with Crippen LogP contribution in [0.3, 0.4) is 0 Å². The normalized spacial score (nSPS) is 13.9. The van der Waals surface area contributed by atoms with E-state index < -0.39 is 16.1 Å². The molecule has 2 aliphatic rings. The average molecular weight is 1210 g/mol. The first kappa shape index (κ1) is 59.4. The van der Waals surface area contributed by atoms with Gasteiger partial charge in [-0.1, -0.05) is 245 Å². The Bertz CT molecular complexity index is 3970. The smallest absolute Gasteiger partial charge is 0.227 e. The van der Waals surface area contributed by atoms with E-state index in [9.17, 15) is 0 Å². The Hall–Kier alpha value is -10.3. The fraction of sp³-hybridized carbons (Fsp3) is 0.0556. The highest BCUT2D eigenvalue weighted by molar-refractivity contribution is 9.14. The number of nitrogens with zero attached hydrogens (tertiary/aromatic N) is 6. The number of hydrogen-bond acceptors (Lipinski definition) is 3. The third-order valence-corrected chi connectivity index (χ3v) is 25.9. The maximum Gasteiger partial charge on any atom is 0.262 e. The molecule has 10 heteroatoms. The van der Waals surface area contributed by atoms with E-state index in [2.05, 4.69) is 187 Å². The van der Waals surface area contributed by atoms with Gasteiger partial charge in [0.1, 0.15) is 16.1 Å². The standard InChI is InChI=1S/C42H26N4Si.C18H16Br2Si.C12H6N2/c1-45-37(29-43)27-33-19-15-31(16-20-33)23-25-39-41(35-11-7-5-8-12-35)42(36-13-9-6-10-14-36)40(47(39,3)4)26-24-32-17-21-34(22-18-32)28-38(30-44)46-2;1-21(2)17(19)15(13-9-5-3-6-10-13)16(18(21)20)14-11-7-4-8-12-14;1-3-10-4-6-11(7-5-10)8-12(9-13)14-2/h5-22,27-28H,3-4H3;3-12H,1-2H3;1,4-8H/b37-27-,38-28+;;12-8+. The topological polar surface area (TPSA) is 84.5 Å². The molecule has 0 atom stereocenters. The molecule has 0 saturated carbocycles. The number of nitriles is 3. The van der Waals surface area contributed by atoms with Crippen LogP contribution < -0.4 is 0 Å². The molecule has 2 heterocycles. The zero-order valence-electron chi connectivity index (χ0n) is 45.2. The van der Waals surface area contributed by atoms with Crippen LogP contribution in [0.4, 0.5) is 0 Å². The fourth-order valence-corrected chi connectivity index (χ4v) is 16.5. The predicted molar refractivity (Wildman–Crippen MR) is 348 cm³/mol. The van der Waals surface area contributed by atoms with Gasteiger partial charge in [-0.05, 0) is 124 Å². The number of rotatable bonds is 7. The first-order valence-corrected chi connectivity index (χ1v) is 33.1. The Morgan fingerprint density at radius 3 is 0.915 bits per heavy atom. The minimum Gasteiger partial charge on any atom is -0.227 e. The Morgan fingerprint density at radius 2 is 0.659 bits per heavy atom. The summed E-state index contributed by atoms with van der Waals surface area (Å²) < 4.78 is 2.74. The Kier molecular flexibility index (Phi) is 20.3. The largest absolute Gasteiger partial charge is 0.262 e. The number of benzene rings is 7. The molecule has 0 aliphatic carbocycles. The van der Waals surface area contributed by atoms with Crippen molar-refractivity contribution in [3.63, 3.8) is 0 Å². The molecule has 7 aromatic rings. The van der Waals surface area contributed by atoms with Gasteiger partial charge in [-0.15, -0.1) is 6.42 Å². The van der Waals surface area contributed by atoms with Crippen LogP contribution in [-0.2, 0) is 0 Å². The lowest BCUT2D eigenvalue weighted by molar-refractivity contribution is 1.50. The second kappa shape index (κ2) is 28.1. The van der Waals surface area contributed by atoms with Crippen molar-refractivity contribution in [1.29, 1.82) is 15.8 Å². The van der Waals surface area contributed by atoms with Gasteiger partial charge < -0.3 is 0 Å². The Labute approximate surface area is 500 Å². The first-order chi connectivity index (χ1) is 39.7. The molecule has 0 fully saturated rings. The van der Waals surface area contributed by atoms with Crippen LogP contribution in [-0.4, -0.2) is 16.1 Å². The zero-order chi connectivity index (χ0) is 58.7. The molecule has 7 aromatic carbocycles. The van der Waals surface area contributed by atoms with Crippen molar-refractivity contribution in [2.24, 2.45) is 0 Å². The lowest BCUT2D eigenvalue weighted by Gasteiger charge is -2.18. The summed E-state index contributed by atoms with van der Waals surface area (Å²) in [6.07, 6.45) is 9.84. The van der Waals surface area contributed by atoms with Crippen LogP contribution in [0.25, 0.3) is 55.1 Å². The van der Waals surface area contributed by atoms with E-state index in [4.69, 9.17) is 41.9 Å². The summed E-state index contributed by atoms with van der Waals surface area (Å²) in [7, 11) is -4.08. The molecule has 0 unspecified atom stereocenters. The minimum absolute atomic E-state index is 0.0364. The van der Waals surface area contributed by atoms with E-state index in [0.29, 0.717) is 0 Å². The Balaban J connectivity index is 0.000000224.